The third kappa shape index (κ3) is 2.63. The van der Waals surface area contributed by atoms with Gasteiger partial charge >= 0.3 is 0 Å². The van der Waals surface area contributed by atoms with Gasteiger partial charge in [-0.1, -0.05) is 25.1 Å². The highest BCUT2D eigenvalue weighted by Crippen LogP contribution is 2.43. The van der Waals surface area contributed by atoms with E-state index in [1.54, 1.807) is 0 Å². The molecule has 1 heterocycles. The lowest BCUT2D eigenvalue weighted by Gasteiger charge is -2.39. The van der Waals surface area contributed by atoms with Crippen molar-refractivity contribution in [3.8, 4) is 0 Å². The monoisotopic (exact) mass is 306 g/mol. The van der Waals surface area contributed by atoms with E-state index in [2.05, 4.69) is 81.7 Å². The first kappa shape index (κ1) is 15.7. The quantitative estimate of drug-likeness (QED) is 0.713. The largest absolute Gasteiger partial charge is 0.376 e. The van der Waals surface area contributed by atoms with Gasteiger partial charge < -0.3 is 10.6 Å². The van der Waals surface area contributed by atoms with Crippen LogP contribution in [0.4, 0.5) is 17.1 Å². The van der Waals surface area contributed by atoms with Crippen LogP contribution in [0.3, 0.4) is 0 Å². The van der Waals surface area contributed by atoms with Crippen molar-refractivity contribution in [2.45, 2.75) is 46.6 Å². The van der Waals surface area contributed by atoms with Crippen LogP contribution in [0.5, 0.6) is 0 Å². The summed E-state index contributed by atoms with van der Waals surface area (Å²) < 4.78 is 0. The molecule has 0 aliphatic carbocycles. The second kappa shape index (κ2) is 5.77. The number of anilines is 3. The smallest absolute Gasteiger partial charge is 0.0557 e. The van der Waals surface area contributed by atoms with Crippen LogP contribution in [-0.4, -0.2) is 5.54 Å². The summed E-state index contributed by atoms with van der Waals surface area (Å²) >= 11 is 0. The first-order chi connectivity index (χ1) is 11.0. The molecule has 1 atom stereocenters. The molecule has 23 heavy (non-hydrogen) atoms. The van der Waals surface area contributed by atoms with Crippen LogP contribution in [0.1, 0.15) is 45.2 Å². The Balaban J connectivity index is 2.06. The Morgan fingerprint density at radius 3 is 2.35 bits per heavy atom. The van der Waals surface area contributed by atoms with Gasteiger partial charge in [0.1, 0.15) is 0 Å². The van der Waals surface area contributed by atoms with E-state index in [0.717, 1.165) is 12.1 Å². The van der Waals surface area contributed by atoms with Crippen molar-refractivity contribution in [1.29, 1.82) is 0 Å². The molecule has 2 nitrogen and oxygen atoms in total. The third-order valence-electron chi connectivity index (χ3n) is 5.40. The van der Waals surface area contributed by atoms with E-state index < -0.39 is 0 Å². The molecule has 2 aromatic rings. The van der Waals surface area contributed by atoms with Crippen molar-refractivity contribution >= 4 is 22.6 Å². The Morgan fingerprint density at radius 2 is 1.70 bits per heavy atom. The van der Waals surface area contributed by atoms with E-state index in [1.807, 2.05) is 6.07 Å². The van der Waals surface area contributed by atoms with Gasteiger partial charge in [-0.25, -0.2) is 0 Å². The van der Waals surface area contributed by atoms with Crippen molar-refractivity contribution in [3.05, 3.63) is 59.2 Å². The summed E-state index contributed by atoms with van der Waals surface area (Å²) in [5.41, 5.74) is 9.07. The van der Waals surface area contributed by atoms with Crippen LogP contribution in [0.15, 0.2) is 48.0 Å². The topological polar surface area (TPSA) is 24.1 Å². The zero-order valence-corrected chi connectivity index (χ0v) is 14.7. The fourth-order valence-corrected chi connectivity index (χ4v) is 3.46. The van der Waals surface area contributed by atoms with E-state index >= 15 is 0 Å². The van der Waals surface area contributed by atoms with Gasteiger partial charge in [0.05, 0.1) is 5.54 Å². The highest BCUT2D eigenvalue weighted by atomic mass is 15.0. The molecule has 0 fully saturated rings. The van der Waals surface area contributed by atoms with Crippen molar-refractivity contribution in [2.75, 3.05) is 10.6 Å². The van der Waals surface area contributed by atoms with Gasteiger partial charge in [-0.05, 0) is 75.1 Å². The van der Waals surface area contributed by atoms with E-state index in [-0.39, 0.29) is 5.54 Å². The average Bonchev–Trinajstić information content (AvgIpc) is 2.56. The van der Waals surface area contributed by atoms with Crippen LogP contribution in [0.2, 0.25) is 0 Å². The molecule has 3 rings (SSSR count). The maximum absolute atomic E-state index is 3.75. The summed E-state index contributed by atoms with van der Waals surface area (Å²) in [7, 11) is 0. The molecule has 1 unspecified atom stereocenters. The normalized spacial score (nSPS) is 20.0. The van der Waals surface area contributed by atoms with E-state index in [4.69, 9.17) is 0 Å². The molecule has 2 N–H and O–H groups in total. The Bertz CT molecular complexity index is 759. The van der Waals surface area contributed by atoms with E-state index in [9.17, 15) is 0 Å². The lowest BCUT2D eigenvalue weighted by Crippen LogP contribution is -2.38. The second-order valence-corrected chi connectivity index (χ2v) is 6.71. The number of fused-ring (bicyclic) bond motifs is 1. The molecule has 120 valence electrons. The number of benzene rings is 2. The number of allylic oxidation sites excluding steroid dienone is 1. The second-order valence-electron chi connectivity index (χ2n) is 6.71. The maximum Gasteiger partial charge on any atom is 0.0557 e. The van der Waals surface area contributed by atoms with Crippen molar-refractivity contribution < 1.29 is 0 Å². The molecule has 0 aromatic heterocycles. The van der Waals surface area contributed by atoms with Crippen LogP contribution >= 0.6 is 0 Å². The van der Waals surface area contributed by atoms with Crippen LogP contribution in [0.25, 0.3) is 5.57 Å². The number of rotatable bonds is 3. The Kier molecular flexibility index (Phi) is 3.93. The van der Waals surface area contributed by atoms with Crippen LogP contribution in [0, 0.1) is 6.92 Å². The molecule has 2 aromatic carbocycles. The minimum atomic E-state index is 0.0535. The zero-order chi connectivity index (χ0) is 16.6. The number of nitrogens with one attached hydrogen (secondary N) is 2. The SMILES string of the molecule is CCC1(C)Nc2ccc(Nc3ccccc3)c(C)c2C(C)=C1C. The van der Waals surface area contributed by atoms with Gasteiger partial charge in [0.15, 0.2) is 0 Å². The summed E-state index contributed by atoms with van der Waals surface area (Å²) in [6.45, 7) is 11.2. The first-order valence-corrected chi connectivity index (χ1v) is 8.38. The molecular weight excluding hydrogens is 280 g/mol. The minimum absolute atomic E-state index is 0.0535. The molecule has 0 saturated carbocycles. The third-order valence-corrected chi connectivity index (χ3v) is 5.40. The van der Waals surface area contributed by atoms with Crippen LogP contribution in [-0.2, 0) is 0 Å². The van der Waals surface area contributed by atoms with E-state index in [0.29, 0.717) is 0 Å². The Hall–Kier alpha value is -2.22. The fourth-order valence-electron chi connectivity index (χ4n) is 3.46. The first-order valence-electron chi connectivity index (χ1n) is 8.38. The van der Waals surface area contributed by atoms with E-state index in [1.165, 1.54) is 33.6 Å². The molecule has 0 spiro atoms. The van der Waals surface area contributed by atoms with Gasteiger partial charge in [-0.3, -0.25) is 0 Å². The summed E-state index contributed by atoms with van der Waals surface area (Å²) in [6.07, 6.45) is 1.08. The molecular formula is C21H26N2. The van der Waals surface area contributed by atoms with Crippen molar-refractivity contribution in [3.63, 3.8) is 0 Å². The van der Waals surface area contributed by atoms with Gasteiger partial charge in [-0.15, -0.1) is 0 Å². The number of hydrogen-bond donors (Lipinski definition) is 2. The standard InChI is InChI=1S/C21H26N2/c1-6-21(5)16(4)14(2)20-15(3)18(12-13-19(20)23-21)22-17-10-8-7-9-11-17/h7-13,22-23H,6H2,1-5H3. The highest BCUT2D eigenvalue weighted by Gasteiger charge is 2.32. The molecule has 0 radical (unpaired) electrons. The fraction of sp³-hybridized carbons (Fsp3) is 0.333. The zero-order valence-electron chi connectivity index (χ0n) is 14.7. The average molecular weight is 306 g/mol. The van der Waals surface area contributed by atoms with Gasteiger partial charge in [0.25, 0.3) is 0 Å². The molecule has 0 bridgehead atoms. The lowest BCUT2D eigenvalue weighted by molar-refractivity contribution is 0.572. The summed E-state index contributed by atoms with van der Waals surface area (Å²) in [6, 6.07) is 14.7. The van der Waals surface area contributed by atoms with Crippen molar-refractivity contribution in [2.24, 2.45) is 0 Å². The van der Waals surface area contributed by atoms with Crippen molar-refractivity contribution in [1.82, 2.24) is 0 Å². The summed E-state index contributed by atoms with van der Waals surface area (Å²) in [5, 5.41) is 7.29. The van der Waals surface area contributed by atoms with Gasteiger partial charge in [0, 0.05) is 22.6 Å². The molecule has 0 amide bonds. The summed E-state index contributed by atoms with van der Waals surface area (Å²) in [4.78, 5) is 0. The minimum Gasteiger partial charge on any atom is -0.376 e. The summed E-state index contributed by atoms with van der Waals surface area (Å²) in [5.74, 6) is 0. The molecule has 0 saturated heterocycles. The maximum atomic E-state index is 3.75. The van der Waals surface area contributed by atoms with Gasteiger partial charge in [0.2, 0.25) is 0 Å². The molecule has 1 aliphatic heterocycles. The van der Waals surface area contributed by atoms with Gasteiger partial charge in [-0.2, -0.15) is 0 Å². The molecule has 1 aliphatic rings. The number of para-hydroxylation sites is 1. The lowest BCUT2D eigenvalue weighted by atomic mass is 9.79. The van der Waals surface area contributed by atoms with Crippen LogP contribution < -0.4 is 10.6 Å². The predicted octanol–water partition coefficient (Wildman–Crippen LogP) is 6.13. The highest BCUT2D eigenvalue weighted by molar-refractivity contribution is 5.88. The molecule has 2 heteroatoms. The Labute approximate surface area is 139 Å². The number of hydrogen-bond acceptors (Lipinski definition) is 2. The predicted molar refractivity (Wildman–Crippen MR) is 101 cm³/mol. The Morgan fingerprint density at radius 1 is 1.00 bits per heavy atom.